The summed E-state index contributed by atoms with van der Waals surface area (Å²) in [5.74, 6) is 1.88. The predicted molar refractivity (Wildman–Crippen MR) is 129 cm³/mol. The molecule has 3 aromatic carbocycles. The highest BCUT2D eigenvalue weighted by atomic mass is 32.1. The van der Waals surface area contributed by atoms with Gasteiger partial charge in [-0.3, -0.25) is 4.90 Å². The van der Waals surface area contributed by atoms with Crippen LogP contribution in [0.4, 0.5) is 16.4 Å². The number of aryl methyl sites for hydroxylation is 3. The van der Waals surface area contributed by atoms with Crippen LogP contribution in [0.15, 0.2) is 54.6 Å². The van der Waals surface area contributed by atoms with Gasteiger partial charge in [0.1, 0.15) is 5.00 Å². The SMILES string of the molecule is Cc1cc(C(C)(C)C)cc(C)c1N1c2ccccc2Oc2c1sc1c(C)cccc21. The zero-order valence-electron chi connectivity index (χ0n) is 18.5. The van der Waals surface area contributed by atoms with E-state index >= 15 is 0 Å². The number of anilines is 3. The Morgan fingerprint density at radius 1 is 0.833 bits per heavy atom. The van der Waals surface area contributed by atoms with Gasteiger partial charge in [0.05, 0.1) is 11.4 Å². The van der Waals surface area contributed by atoms with Gasteiger partial charge < -0.3 is 4.74 Å². The molecule has 0 fully saturated rings. The fourth-order valence-electron chi connectivity index (χ4n) is 4.38. The standard InChI is InChI=1S/C27H27NOS/c1-16-10-9-11-20-24-26(30-25(16)20)28(21-12-7-8-13-22(21)29-24)23-17(2)14-19(15-18(23)3)27(4,5)6/h7-15H,1-6H3. The minimum Gasteiger partial charge on any atom is -0.451 e. The van der Waals surface area contributed by atoms with E-state index in [0.29, 0.717) is 0 Å². The van der Waals surface area contributed by atoms with E-state index in [4.69, 9.17) is 4.74 Å². The molecule has 4 aromatic rings. The number of thiophene rings is 1. The number of hydrogen-bond acceptors (Lipinski definition) is 3. The van der Waals surface area contributed by atoms with Gasteiger partial charge >= 0.3 is 0 Å². The number of fused-ring (bicyclic) bond motifs is 4. The molecule has 0 saturated heterocycles. The third-order valence-corrected chi connectivity index (χ3v) is 7.26. The highest BCUT2D eigenvalue weighted by molar-refractivity contribution is 7.23. The van der Waals surface area contributed by atoms with Crippen LogP contribution in [0.1, 0.15) is 43.0 Å². The monoisotopic (exact) mass is 413 g/mol. The molecule has 30 heavy (non-hydrogen) atoms. The molecule has 2 nitrogen and oxygen atoms in total. The maximum Gasteiger partial charge on any atom is 0.170 e. The van der Waals surface area contributed by atoms with Gasteiger partial charge in [-0.2, -0.15) is 0 Å². The van der Waals surface area contributed by atoms with Gasteiger partial charge in [0.2, 0.25) is 0 Å². The van der Waals surface area contributed by atoms with E-state index in [-0.39, 0.29) is 5.41 Å². The van der Waals surface area contributed by atoms with Gasteiger partial charge in [0.25, 0.3) is 0 Å². The zero-order valence-corrected chi connectivity index (χ0v) is 19.3. The number of para-hydroxylation sites is 2. The quantitative estimate of drug-likeness (QED) is 0.272. The Labute approximate surface area is 182 Å². The minimum atomic E-state index is 0.122. The number of nitrogens with zero attached hydrogens (tertiary/aromatic N) is 1. The third-order valence-electron chi connectivity index (χ3n) is 5.95. The van der Waals surface area contributed by atoms with E-state index in [1.807, 2.05) is 17.4 Å². The first-order valence-corrected chi connectivity index (χ1v) is 11.3. The summed E-state index contributed by atoms with van der Waals surface area (Å²) in [5.41, 5.74) is 7.71. The molecule has 0 unspecified atom stereocenters. The number of benzene rings is 3. The summed E-state index contributed by atoms with van der Waals surface area (Å²) in [7, 11) is 0. The largest absolute Gasteiger partial charge is 0.451 e. The van der Waals surface area contributed by atoms with Crippen molar-refractivity contribution in [2.45, 2.75) is 47.0 Å². The Bertz CT molecular complexity index is 1270. The summed E-state index contributed by atoms with van der Waals surface area (Å²) in [6, 6.07) is 19.5. The van der Waals surface area contributed by atoms with E-state index in [2.05, 4.69) is 95.0 Å². The third kappa shape index (κ3) is 2.84. The first-order valence-electron chi connectivity index (χ1n) is 10.5. The molecular formula is C27H27NOS. The lowest BCUT2D eigenvalue weighted by Crippen LogP contribution is -2.18. The zero-order chi connectivity index (χ0) is 21.2. The van der Waals surface area contributed by atoms with Crippen molar-refractivity contribution in [1.29, 1.82) is 0 Å². The Morgan fingerprint density at radius 2 is 1.53 bits per heavy atom. The molecule has 3 heteroatoms. The van der Waals surface area contributed by atoms with E-state index < -0.39 is 0 Å². The molecule has 0 spiro atoms. The van der Waals surface area contributed by atoms with Crippen molar-refractivity contribution < 1.29 is 4.74 Å². The molecule has 0 atom stereocenters. The maximum absolute atomic E-state index is 6.46. The maximum atomic E-state index is 6.46. The second kappa shape index (κ2) is 6.61. The Morgan fingerprint density at radius 3 is 2.23 bits per heavy atom. The van der Waals surface area contributed by atoms with Crippen molar-refractivity contribution in [3.05, 3.63) is 76.9 Å². The van der Waals surface area contributed by atoms with E-state index in [0.717, 1.165) is 22.2 Å². The molecule has 5 rings (SSSR count). The lowest BCUT2D eigenvalue weighted by Gasteiger charge is -2.33. The van der Waals surface area contributed by atoms with E-state index in [1.165, 1.54) is 38.0 Å². The van der Waals surface area contributed by atoms with E-state index in [9.17, 15) is 0 Å². The molecule has 0 amide bonds. The molecule has 2 heterocycles. The van der Waals surface area contributed by atoms with Gasteiger partial charge in [-0.05, 0) is 66.6 Å². The van der Waals surface area contributed by atoms with Crippen molar-refractivity contribution in [3.8, 4) is 11.5 Å². The summed E-state index contributed by atoms with van der Waals surface area (Å²) >= 11 is 1.82. The van der Waals surface area contributed by atoms with Gasteiger partial charge in [0.15, 0.2) is 11.5 Å². The molecule has 1 aliphatic heterocycles. The van der Waals surface area contributed by atoms with Gasteiger partial charge in [-0.15, -0.1) is 11.3 Å². The van der Waals surface area contributed by atoms with Crippen LogP contribution >= 0.6 is 11.3 Å². The lowest BCUT2D eigenvalue weighted by atomic mass is 9.84. The summed E-state index contributed by atoms with van der Waals surface area (Å²) in [6.07, 6.45) is 0. The number of rotatable bonds is 1. The molecule has 0 N–H and O–H groups in total. The molecule has 0 aliphatic carbocycles. The minimum absolute atomic E-state index is 0.122. The van der Waals surface area contributed by atoms with Crippen molar-refractivity contribution in [2.24, 2.45) is 0 Å². The van der Waals surface area contributed by atoms with Crippen LogP contribution in [-0.4, -0.2) is 0 Å². The summed E-state index contributed by atoms with van der Waals surface area (Å²) in [5, 5.41) is 2.35. The summed E-state index contributed by atoms with van der Waals surface area (Å²) in [4.78, 5) is 2.41. The van der Waals surface area contributed by atoms with Crippen LogP contribution in [0, 0.1) is 20.8 Å². The second-order valence-electron chi connectivity index (χ2n) is 9.30. The van der Waals surface area contributed by atoms with Crippen molar-refractivity contribution in [1.82, 2.24) is 0 Å². The molecule has 0 radical (unpaired) electrons. The van der Waals surface area contributed by atoms with Gasteiger partial charge in [-0.1, -0.05) is 57.2 Å². The lowest BCUT2D eigenvalue weighted by molar-refractivity contribution is 0.484. The van der Waals surface area contributed by atoms with Crippen molar-refractivity contribution in [2.75, 3.05) is 4.90 Å². The molecular weight excluding hydrogens is 386 g/mol. The molecule has 0 bridgehead atoms. The second-order valence-corrected chi connectivity index (χ2v) is 10.3. The average molecular weight is 414 g/mol. The highest BCUT2D eigenvalue weighted by Crippen LogP contribution is 2.58. The number of hydrogen-bond donors (Lipinski definition) is 0. The van der Waals surface area contributed by atoms with E-state index in [1.54, 1.807) is 0 Å². The number of ether oxygens (including phenoxy) is 1. The first-order chi connectivity index (χ1) is 14.3. The first kappa shape index (κ1) is 19.2. The smallest absolute Gasteiger partial charge is 0.170 e. The Balaban J connectivity index is 1.82. The molecule has 1 aliphatic rings. The fraction of sp³-hybridized carbons (Fsp3) is 0.259. The fourth-order valence-corrected chi connectivity index (χ4v) is 5.60. The average Bonchev–Trinajstić information content (AvgIpc) is 3.06. The molecule has 0 saturated carbocycles. The summed E-state index contributed by atoms with van der Waals surface area (Å²) in [6.45, 7) is 13.5. The van der Waals surface area contributed by atoms with Gasteiger partial charge in [0, 0.05) is 10.1 Å². The van der Waals surface area contributed by atoms with Crippen LogP contribution in [0.2, 0.25) is 0 Å². The van der Waals surface area contributed by atoms with Crippen LogP contribution in [0.5, 0.6) is 11.5 Å². The van der Waals surface area contributed by atoms with Crippen LogP contribution < -0.4 is 9.64 Å². The van der Waals surface area contributed by atoms with Crippen molar-refractivity contribution in [3.63, 3.8) is 0 Å². The molecule has 1 aromatic heterocycles. The topological polar surface area (TPSA) is 12.5 Å². The van der Waals surface area contributed by atoms with Crippen LogP contribution in [-0.2, 0) is 5.41 Å². The predicted octanol–water partition coefficient (Wildman–Crippen LogP) is 8.70. The van der Waals surface area contributed by atoms with Crippen LogP contribution in [0.25, 0.3) is 10.1 Å². The van der Waals surface area contributed by atoms with Crippen molar-refractivity contribution >= 4 is 37.8 Å². The van der Waals surface area contributed by atoms with Gasteiger partial charge in [-0.25, -0.2) is 0 Å². The highest BCUT2D eigenvalue weighted by Gasteiger charge is 2.32. The Hall–Kier alpha value is -2.78. The summed E-state index contributed by atoms with van der Waals surface area (Å²) < 4.78 is 7.76. The van der Waals surface area contributed by atoms with Crippen LogP contribution in [0.3, 0.4) is 0 Å². The normalized spacial score (nSPS) is 13.2. The Kier molecular flexibility index (Phi) is 4.23. The molecule has 152 valence electrons.